The minimum absolute atomic E-state index is 0.909. The molecule has 0 saturated carbocycles. The first kappa shape index (κ1) is 9.22. The second kappa shape index (κ2) is 3.81. The lowest BCUT2D eigenvalue weighted by Gasteiger charge is -2.03. The summed E-state index contributed by atoms with van der Waals surface area (Å²) in [5.74, 6) is 0. The van der Waals surface area contributed by atoms with Gasteiger partial charge in [-0.3, -0.25) is 0 Å². The molecular weight excluding hydrogens is 292 g/mol. The lowest BCUT2D eigenvalue weighted by atomic mass is 10.1. The van der Waals surface area contributed by atoms with Gasteiger partial charge in [-0.25, -0.2) is 0 Å². The summed E-state index contributed by atoms with van der Waals surface area (Å²) in [6, 6.07) is 12.7. The molecule has 0 heterocycles. The fraction of sp³-hybridized carbons (Fsp3) is 0.0909. The summed E-state index contributed by atoms with van der Waals surface area (Å²) in [6.07, 6.45) is 0. The third-order valence-corrected chi connectivity index (χ3v) is 3.17. The van der Waals surface area contributed by atoms with Gasteiger partial charge >= 0.3 is 0 Å². The van der Waals surface area contributed by atoms with Gasteiger partial charge in [-0.2, -0.15) is 0 Å². The van der Waals surface area contributed by atoms with Crippen molar-refractivity contribution in [3.05, 3.63) is 46.4 Å². The summed E-state index contributed by atoms with van der Waals surface area (Å²) in [5.41, 5.74) is 1.34. The van der Waals surface area contributed by atoms with Crippen LogP contribution in [-0.2, 0) is 5.33 Å². The Morgan fingerprint density at radius 1 is 1.08 bits per heavy atom. The average molecular weight is 300 g/mol. The molecule has 0 spiro atoms. The molecule has 0 bridgehead atoms. The van der Waals surface area contributed by atoms with E-state index in [1.807, 2.05) is 0 Å². The van der Waals surface area contributed by atoms with Crippen LogP contribution in [0.15, 0.2) is 40.9 Å². The molecular formula is C11H8Br2. The summed E-state index contributed by atoms with van der Waals surface area (Å²) in [4.78, 5) is 0. The van der Waals surface area contributed by atoms with Gasteiger partial charge in [-0.15, -0.1) is 0 Å². The highest BCUT2D eigenvalue weighted by molar-refractivity contribution is 9.10. The van der Waals surface area contributed by atoms with E-state index in [0.29, 0.717) is 0 Å². The van der Waals surface area contributed by atoms with Crippen LogP contribution in [0.5, 0.6) is 0 Å². The third-order valence-electron chi connectivity index (χ3n) is 2.08. The summed E-state index contributed by atoms with van der Waals surface area (Å²) < 4.78 is 1.13. The number of alkyl halides is 1. The molecule has 0 nitrogen and oxygen atoms in total. The Balaban J connectivity index is 2.77. The zero-order chi connectivity index (χ0) is 9.26. The molecule has 0 aliphatic carbocycles. The second-order valence-corrected chi connectivity index (χ2v) is 4.39. The molecule has 0 N–H and O–H groups in total. The van der Waals surface area contributed by atoms with Gasteiger partial charge in [0.1, 0.15) is 0 Å². The first-order valence-electron chi connectivity index (χ1n) is 4.04. The van der Waals surface area contributed by atoms with Gasteiger partial charge in [0.05, 0.1) is 0 Å². The lowest BCUT2D eigenvalue weighted by Crippen LogP contribution is -1.80. The number of halogens is 2. The van der Waals surface area contributed by atoms with Crippen molar-refractivity contribution in [3.8, 4) is 0 Å². The van der Waals surface area contributed by atoms with E-state index in [0.717, 1.165) is 9.80 Å². The fourth-order valence-electron chi connectivity index (χ4n) is 1.44. The van der Waals surface area contributed by atoms with Crippen LogP contribution < -0.4 is 0 Å². The highest BCUT2D eigenvalue weighted by Crippen LogP contribution is 2.24. The van der Waals surface area contributed by atoms with Crippen LogP contribution in [0.4, 0.5) is 0 Å². The Kier molecular flexibility index (Phi) is 2.70. The van der Waals surface area contributed by atoms with Crippen molar-refractivity contribution >= 4 is 42.6 Å². The van der Waals surface area contributed by atoms with Crippen LogP contribution in [0.2, 0.25) is 0 Å². The number of benzene rings is 2. The maximum Gasteiger partial charge on any atom is 0.0289 e. The molecule has 0 atom stereocenters. The Bertz CT molecular complexity index is 435. The Hall–Kier alpha value is -0.340. The molecule has 0 aliphatic rings. The zero-order valence-electron chi connectivity index (χ0n) is 6.93. The Morgan fingerprint density at radius 3 is 2.69 bits per heavy atom. The van der Waals surface area contributed by atoms with Gasteiger partial charge in [-0.1, -0.05) is 56.1 Å². The molecule has 2 aromatic rings. The second-order valence-electron chi connectivity index (χ2n) is 2.92. The van der Waals surface area contributed by atoms with Crippen molar-refractivity contribution in [3.63, 3.8) is 0 Å². The topological polar surface area (TPSA) is 0 Å². The molecule has 2 rings (SSSR count). The SMILES string of the molecule is BrCc1cccc2cc(Br)ccc12. The quantitative estimate of drug-likeness (QED) is 0.680. The largest absolute Gasteiger partial charge is 0.0876 e. The Labute approximate surface area is 94.2 Å². The summed E-state index contributed by atoms with van der Waals surface area (Å²) in [7, 11) is 0. The number of hydrogen-bond donors (Lipinski definition) is 0. The van der Waals surface area contributed by atoms with Crippen LogP contribution in [0.1, 0.15) is 5.56 Å². The zero-order valence-corrected chi connectivity index (χ0v) is 10.1. The van der Waals surface area contributed by atoms with E-state index >= 15 is 0 Å². The van der Waals surface area contributed by atoms with Gasteiger partial charge in [0.2, 0.25) is 0 Å². The van der Waals surface area contributed by atoms with E-state index in [1.165, 1.54) is 16.3 Å². The average Bonchev–Trinajstić information content (AvgIpc) is 2.16. The van der Waals surface area contributed by atoms with E-state index in [2.05, 4.69) is 68.3 Å². The van der Waals surface area contributed by atoms with Crippen LogP contribution in [0, 0.1) is 0 Å². The van der Waals surface area contributed by atoms with Crippen LogP contribution in [-0.4, -0.2) is 0 Å². The molecule has 2 heteroatoms. The predicted octanol–water partition coefficient (Wildman–Crippen LogP) is 4.50. The number of hydrogen-bond acceptors (Lipinski definition) is 0. The Morgan fingerprint density at radius 2 is 1.92 bits per heavy atom. The van der Waals surface area contributed by atoms with Gasteiger partial charge in [0, 0.05) is 9.80 Å². The summed E-state index contributed by atoms with van der Waals surface area (Å²) >= 11 is 6.95. The number of rotatable bonds is 1. The molecule has 0 saturated heterocycles. The van der Waals surface area contributed by atoms with Crippen LogP contribution in [0.25, 0.3) is 10.8 Å². The van der Waals surface area contributed by atoms with E-state index < -0.39 is 0 Å². The molecule has 66 valence electrons. The highest BCUT2D eigenvalue weighted by Gasteiger charge is 1.98. The third kappa shape index (κ3) is 1.79. The molecule has 2 aromatic carbocycles. The smallest absolute Gasteiger partial charge is 0.0289 e. The van der Waals surface area contributed by atoms with Gasteiger partial charge in [0.25, 0.3) is 0 Å². The molecule has 0 aliphatic heterocycles. The van der Waals surface area contributed by atoms with Crippen molar-refractivity contribution in [1.82, 2.24) is 0 Å². The molecule has 13 heavy (non-hydrogen) atoms. The van der Waals surface area contributed by atoms with Crippen molar-refractivity contribution in [2.45, 2.75) is 5.33 Å². The van der Waals surface area contributed by atoms with Crippen LogP contribution in [0.3, 0.4) is 0 Å². The van der Waals surface area contributed by atoms with E-state index in [4.69, 9.17) is 0 Å². The van der Waals surface area contributed by atoms with Gasteiger partial charge in [0.15, 0.2) is 0 Å². The predicted molar refractivity (Wildman–Crippen MR) is 64.3 cm³/mol. The van der Waals surface area contributed by atoms with E-state index in [1.54, 1.807) is 0 Å². The standard InChI is InChI=1S/C11H8Br2/c12-7-9-3-1-2-8-6-10(13)4-5-11(8)9/h1-6H,7H2. The molecule has 0 unspecified atom stereocenters. The number of fused-ring (bicyclic) bond motifs is 1. The normalized spacial score (nSPS) is 10.6. The van der Waals surface area contributed by atoms with E-state index in [-0.39, 0.29) is 0 Å². The van der Waals surface area contributed by atoms with Crippen molar-refractivity contribution < 1.29 is 0 Å². The van der Waals surface area contributed by atoms with E-state index in [9.17, 15) is 0 Å². The molecule has 0 radical (unpaired) electrons. The maximum absolute atomic E-state index is 3.49. The lowest BCUT2D eigenvalue weighted by molar-refractivity contribution is 1.49. The molecule has 0 amide bonds. The minimum atomic E-state index is 0.909. The first-order chi connectivity index (χ1) is 6.31. The minimum Gasteiger partial charge on any atom is -0.0876 e. The highest BCUT2D eigenvalue weighted by atomic mass is 79.9. The monoisotopic (exact) mass is 298 g/mol. The summed E-state index contributed by atoms with van der Waals surface area (Å²) in [6.45, 7) is 0. The van der Waals surface area contributed by atoms with Gasteiger partial charge < -0.3 is 0 Å². The van der Waals surface area contributed by atoms with Gasteiger partial charge in [-0.05, 0) is 28.5 Å². The fourth-order valence-corrected chi connectivity index (χ4v) is 2.31. The summed E-state index contributed by atoms with van der Waals surface area (Å²) in [5, 5.41) is 3.51. The van der Waals surface area contributed by atoms with Crippen molar-refractivity contribution in [2.75, 3.05) is 0 Å². The van der Waals surface area contributed by atoms with Crippen molar-refractivity contribution in [2.24, 2.45) is 0 Å². The molecule has 0 fully saturated rings. The van der Waals surface area contributed by atoms with Crippen molar-refractivity contribution in [1.29, 1.82) is 0 Å². The maximum atomic E-state index is 3.49. The first-order valence-corrected chi connectivity index (χ1v) is 5.96. The van der Waals surface area contributed by atoms with Crippen LogP contribution >= 0.6 is 31.9 Å². The molecule has 0 aromatic heterocycles.